The van der Waals surface area contributed by atoms with Crippen LogP contribution in [-0.4, -0.2) is 21.5 Å². The highest BCUT2D eigenvalue weighted by molar-refractivity contribution is 7.99. The van der Waals surface area contributed by atoms with Crippen molar-refractivity contribution in [3.63, 3.8) is 0 Å². The van der Waals surface area contributed by atoms with Crippen molar-refractivity contribution in [2.45, 2.75) is 37.3 Å². The van der Waals surface area contributed by atoms with E-state index in [4.69, 9.17) is 0 Å². The maximum absolute atomic E-state index is 12.8. The Morgan fingerprint density at radius 1 is 1.20 bits per heavy atom. The van der Waals surface area contributed by atoms with Gasteiger partial charge in [0.25, 0.3) is 5.56 Å². The molecule has 2 N–H and O–H groups in total. The Kier molecular flexibility index (Phi) is 4.21. The van der Waals surface area contributed by atoms with Gasteiger partial charge in [-0.25, -0.2) is 4.98 Å². The number of carbonyl (C=O) groups excluding carboxylic acids is 1. The molecule has 2 heterocycles. The monoisotopic (exact) mass is 353 g/mol. The average molecular weight is 353 g/mol. The zero-order valence-corrected chi connectivity index (χ0v) is 14.8. The summed E-state index contributed by atoms with van der Waals surface area (Å²) in [5.74, 6) is 1.19. The summed E-state index contributed by atoms with van der Waals surface area (Å²) in [6.07, 6.45) is 2.18. The number of H-pyrrole nitrogens is 1. The summed E-state index contributed by atoms with van der Waals surface area (Å²) in [4.78, 5) is 33.0. The Hall–Kier alpha value is -2.34. The van der Waals surface area contributed by atoms with Gasteiger partial charge in [-0.3, -0.25) is 9.59 Å². The highest BCUT2D eigenvalue weighted by Gasteiger charge is 2.37. The van der Waals surface area contributed by atoms with Crippen LogP contribution in [0.1, 0.15) is 43.2 Å². The van der Waals surface area contributed by atoms with Crippen LogP contribution in [0.3, 0.4) is 0 Å². The van der Waals surface area contributed by atoms with Gasteiger partial charge in [-0.2, -0.15) is 0 Å². The van der Waals surface area contributed by atoms with Crippen molar-refractivity contribution >= 4 is 23.4 Å². The predicted molar refractivity (Wildman–Crippen MR) is 99.0 cm³/mol. The summed E-state index contributed by atoms with van der Waals surface area (Å²) in [5.41, 5.74) is 2.97. The topological polar surface area (TPSA) is 74.8 Å². The van der Waals surface area contributed by atoms with Crippen molar-refractivity contribution in [2.75, 3.05) is 11.1 Å². The Balaban J connectivity index is 1.95. The van der Waals surface area contributed by atoms with Crippen LogP contribution in [0, 0.1) is 0 Å². The van der Waals surface area contributed by atoms with Gasteiger partial charge in [-0.1, -0.05) is 49.0 Å². The number of nitrogens with zero attached hydrogens (tertiary/aromatic N) is 1. The van der Waals surface area contributed by atoms with Crippen molar-refractivity contribution in [1.82, 2.24) is 9.97 Å². The molecule has 6 heteroatoms. The molecule has 1 aliphatic carbocycles. The lowest BCUT2D eigenvalue weighted by atomic mass is 9.76. The number of carbonyl (C=O) groups is 1. The third-order valence-electron chi connectivity index (χ3n) is 4.65. The number of anilines is 1. The van der Waals surface area contributed by atoms with E-state index in [0.717, 1.165) is 35.4 Å². The molecule has 0 saturated carbocycles. The molecular formula is C19H19N3O2S. The first kappa shape index (κ1) is 16.1. The number of rotatable bonds is 3. The molecule has 128 valence electrons. The lowest BCUT2D eigenvalue weighted by Crippen LogP contribution is -2.32. The van der Waals surface area contributed by atoms with Gasteiger partial charge in [0.05, 0.1) is 5.56 Å². The van der Waals surface area contributed by atoms with Crippen LogP contribution in [0.15, 0.2) is 51.6 Å². The SMILES string of the molecule is CCSc1nc2c(c(=O)[nH]1)C(c1ccccc1)C1=C(CCCC1=O)N2. The number of thioether (sulfide) groups is 1. The fourth-order valence-electron chi connectivity index (χ4n) is 3.62. The van der Waals surface area contributed by atoms with E-state index in [1.54, 1.807) is 0 Å². The highest BCUT2D eigenvalue weighted by atomic mass is 32.2. The minimum Gasteiger partial charge on any atom is -0.343 e. The number of allylic oxidation sites excluding steroid dienone is 2. The highest BCUT2D eigenvalue weighted by Crippen LogP contribution is 2.43. The van der Waals surface area contributed by atoms with E-state index < -0.39 is 0 Å². The fourth-order valence-corrected chi connectivity index (χ4v) is 4.22. The molecule has 1 aromatic heterocycles. The van der Waals surface area contributed by atoms with Gasteiger partial charge in [-0.05, 0) is 24.2 Å². The van der Waals surface area contributed by atoms with Crippen molar-refractivity contribution < 1.29 is 4.79 Å². The molecule has 0 bridgehead atoms. The Labute approximate surface area is 150 Å². The van der Waals surface area contributed by atoms with E-state index in [-0.39, 0.29) is 17.3 Å². The van der Waals surface area contributed by atoms with Crippen LogP contribution in [0.25, 0.3) is 0 Å². The third kappa shape index (κ3) is 2.80. The minimum atomic E-state index is -0.350. The van der Waals surface area contributed by atoms with E-state index in [0.29, 0.717) is 23.0 Å². The van der Waals surface area contributed by atoms with Gasteiger partial charge in [-0.15, -0.1) is 0 Å². The van der Waals surface area contributed by atoms with Gasteiger partial charge >= 0.3 is 0 Å². The minimum absolute atomic E-state index is 0.125. The van der Waals surface area contributed by atoms with Gasteiger partial charge < -0.3 is 10.3 Å². The molecule has 0 spiro atoms. The maximum atomic E-state index is 12.8. The van der Waals surface area contributed by atoms with E-state index in [1.165, 1.54) is 11.8 Å². The Bertz CT molecular complexity index is 918. The van der Waals surface area contributed by atoms with Gasteiger partial charge in [0.15, 0.2) is 10.9 Å². The van der Waals surface area contributed by atoms with Crippen LogP contribution in [0.2, 0.25) is 0 Å². The van der Waals surface area contributed by atoms with Crippen LogP contribution in [0.5, 0.6) is 0 Å². The lowest BCUT2D eigenvalue weighted by Gasteiger charge is -2.32. The molecule has 1 aromatic carbocycles. The second-order valence-corrected chi connectivity index (χ2v) is 7.46. The van der Waals surface area contributed by atoms with Gasteiger partial charge in [0, 0.05) is 23.6 Å². The van der Waals surface area contributed by atoms with Crippen LogP contribution in [-0.2, 0) is 4.79 Å². The maximum Gasteiger partial charge on any atom is 0.257 e. The number of aromatic amines is 1. The number of Topliss-reactive ketones (excluding diaryl/α,β-unsaturated/α-hetero) is 1. The molecule has 2 aromatic rings. The zero-order valence-electron chi connectivity index (χ0n) is 14.0. The summed E-state index contributed by atoms with van der Waals surface area (Å²) in [6.45, 7) is 2.02. The Morgan fingerprint density at radius 2 is 2.00 bits per heavy atom. The molecule has 1 atom stereocenters. The molecule has 0 radical (unpaired) electrons. The predicted octanol–water partition coefficient (Wildman–Crippen LogP) is 3.45. The van der Waals surface area contributed by atoms with E-state index >= 15 is 0 Å². The number of fused-ring (bicyclic) bond motifs is 1. The zero-order chi connectivity index (χ0) is 17.4. The molecule has 2 aliphatic rings. The standard InChI is InChI=1S/C19H19N3O2S/c1-2-25-19-21-17-16(18(24)22-19)14(11-7-4-3-5-8-11)15-12(20-17)9-6-10-13(15)23/h3-5,7-8,14H,2,6,9-10H2,1H3,(H2,20,21,22,24). The van der Waals surface area contributed by atoms with Crippen LogP contribution >= 0.6 is 11.8 Å². The fraction of sp³-hybridized carbons (Fsp3) is 0.316. The molecule has 4 rings (SSSR count). The quantitative estimate of drug-likeness (QED) is 0.653. The normalized spacial score (nSPS) is 19.2. The van der Waals surface area contributed by atoms with Crippen molar-refractivity contribution in [2.24, 2.45) is 0 Å². The number of ketones is 1. The average Bonchev–Trinajstić information content (AvgIpc) is 2.61. The van der Waals surface area contributed by atoms with Crippen LogP contribution < -0.4 is 10.9 Å². The molecule has 1 aliphatic heterocycles. The summed E-state index contributed by atoms with van der Waals surface area (Å²) in [5, 5.41) is 3.89. The second kappa shape index (κ2) is 6.52. The molecule has 0 fully saturated rings. The summed E-state index contributed by atoms with van der Waals surface area (Å²) < 4.78 is 0. The van der Waals surface area contributed by atoms with E-state index in [9.17, 15) is 9.59 Å². The van der Waals surface area contributed by atoms with E-state index in [1.807, 2.05) is 37.3 Å². The molecule has 0 saturated heterocycles. The number of hydrogen-bond acceptors (Lipinski definition) is 5. The largest absolute Gasteiger partial charge is 0.343 e. The third-order valence-corrected chi connectivity index (χ3v) is 5.41. The molecule has 5 nitrogen and oxygen atoms in total. The van der Waals surface area contributed by atoms with Gasteiger partial charge in [0.1, 0.15) is 5.82 Å². The second-order valence-electron chi connectivity index (χ2n) is 6.20. The smallest absolute Gasteiger partial charge is 0.257 e. The number of benzene rings is 1. The van der Waals surface area contributed by atoms with Crippen molar-refractivity contribution in [3.05, 3.63) is 63.1 Å². The van der Waals surface area contributed by atoms with Gasteiger partial charge in [0.2, 0.25) is 0 Å². The molecule has 0 amide bonds. The summed E-state index contributed by atoms with van der Waals surface area (Å²) >= 11 is 1.50. The number of aromatic nitrogens is 2. The van der Waals surface area contributed by atoms with Crippen molar-refractivity contribution in [3.8, 4) is 0 Å². The number of hydrogen-bond donors (Lipinski definition) is 2. The first-order valence-electron chi connectivity index (χ1n) is 8.54. The van der Waals surface area contributed by atoms with Crippen molar-refractivity contribution in [1.29, 1.82) is 0 Å². The molecular weight excluding hydrogens is 334 g/mol. The first-order valence-corrected chi connectivity index (χ1v) is 9.52. The Morgan fingerprint density at radius 3 is 2.76 bits per heavy atom. The van der Waals surface area contributed by atoms with E-state index in [2.05, 4.69) is 15.3 Å². The van der Waals surface area contributed by atoms with Crippen LogP contribution in [0.4, 0.5) is 5.82 Å². The lowest BCUT2D eigenvalue weighted by molar-refractivity contribution is -0.116. The summed E-state index contributed by atoms with van der Waals surface area (Å²) in [7, 11) is 0. The molecule has 1 unspecified atom stereocenters. The first-order chi connectivity index (χ1) is 12.2. The number of nitrogens with one attached hydrogen (secondary N) is 2. The summed E-state index contributed by atoms with van der Waals surface area (Å²) in [6, 6.07) is 9.76. The molecule has 25 heavy (non-hydrogen) atoms.